The molecule has 0 aliphatic carbocycles. The summed E-state index contributed by atoms with van der Waals surface area (Å²) in [4.78, 5) is 19.0. The van der Waals surface area contributed by atoms with Crippen LogP contribution in [0.4, 0.5) is 0 Å². The Morgan fingerprint density at radius 2 is 2.29 bits per heavy atom. The van der Waals surface area contributed by atoms with Crippen molar-refractivity contribution >= 4 is 17.7 Å². The van der Waals surface area contributed by atoms with Gasteiger partial charge in [0.15, 0.2) is 5.82 Å². The third-order valence-corrected chi connectivity index (χ3v) is 5.34. The largest absolute Gasteiger partial charge is 0.353 e. The van der Waals surface area contributed by atoms with Crippen molar-refractivity contribution < 1.29 is 9.32 Å². The van der Waals surface area contributed by atoms with E-state index in [1.165, 1.54) is 18.5 Å². The summed E-state index contributed by atoms with van der Waals surface area (Å²) in [6.45, 7) is 2.62. The molecule has 2 aromatic heterocycles. The van der Waals surface area contributed by atoms with E-state index in [4.69, 9.17) is 4.52 Å². The molecule has 0 radical (unpaired) electrons. The van der Waals surface area contributed by atoms with E-state index in [2.05, 4.69) is 45.0 Å². The predicted octanol–water partition coefficient (Wildman–Crippen LogP) is 3.09. The molecule has 0 saturated carbocycles. The molecule has 7 heteroatoms. The van der Waals surface area contributed by atoms with Crippen molar-refractivity contribution in [3.05, 3.63) is 35.7 Å². The highest BCUT2D eigenvalue weighted by Gasteiger charge is 2.28. The van der Waals surface area contributed by atoms with Crippen molar-refractivity contribution in [1.29, 1.82) is 0 Å². The minimum absolute atomic E-state index is 0.188. The Balaban J connectivity index is 1.62. The van der Waals surface area contributed by atoms with Gasteiger partial charge in [-0.2, -0.15) is 4.98 Å². The van der Waals surface area contributed by atoms with Crippen molar-refractivity contribution in [1.82, 2.24) is 19.6 Å². The number of hydrogen-bond donors (Lipinski definition) is 0. The van der Waals surface area contributed by atoms with Gasteiger partial charge < -0.3 is 14.0 Å². The molecule has 1 amide bonds. The Hall–Kier alpha value is -1.76. The quantitative estimate of drug-likeness (QED) is 0.831. The third-order valence-electron chi connectivity index (χ3n) is 4.42. The number of rotatable bonds is 5. The lowest BCUT2D eigenvalue weighted by molar-refractivity contribution is -0.130. The van der Waals surface area contributed by atoms with Gasteiger partial charge in [0, 0.05) is 32.4 Å². The van der Waals surface area contributed by atoms with Crippen molar-refractivity contribution in [2.24, 2.45) is 7.05 Å². The molecule has 3 rings (SSSR count). The van der Waals surface area contributed by atoms with Crippen LogP contribution in [0.3, 0.4) is 0 Å². The number of amides is 1. The lowest BCUT2D eigenvalue weighted by Gasteiger charge is -2.30. The average Bonchev–Trinajstić information content (AvgIpc) is 3.08. The first kappa shape index (κ1) is 17.1. The molecule has 1 atom stereocenters. The number of aromatic nitrogens is 3. The van der Waals surface area contributed by atoms with Crippen LogP contribution in [-0.2, 0) is 17.6 Å². The SMILES string of the molecule is Cc1nc(CSCC(=O)N2CCCCC[C@@H]2c2cccn2C)no1. The van der Waals surface area contributed by atoms with E-state index in [0.29, 0.717) is 23.2 Å². The Morgan fingerprint density at radius 3 is 3.00 bits per heavy atom. The van der Waals surface area contributed by atoms with Crippen molar-refractivity contribution in [2.45, 2.75) is 44.4 Å². The van der Waals surface area contributed by atoms with Crippen LogP contribution in [0.2, 0.25) is 0 Å². The fourth-order valence-electron chi connectivity index (χ4n) is 3.25. The summed E-state index contributed by atoms with van der Waals surface area (Å²) in [5, 5.41) is 3.87. The van der Waals surface area contributed by atoms with Crippen molar-refractivity contribution in [2.75, 3.05) is 12.3 Å². The number of carbonyl (C=O) groups is 1. The minimum atomic E-state index is 0.188. The summed E-state index contributed by atoms with van der Waals surface area (Å²) >= 11 is 1.55. The first-order chi connectivity index (χ1) is 11.6. The number of nitrogens with zero attached hydrogens (tertiary/aromatic N) is 4. The van der Waals surface area contributed by atoms with Gasteiger partial charge >= 0.3 is 0 Å². The molecule has 0 bridgehead atoms. The van der Waals surface area contributed by atoms with Crippen LogP contribution < -0.4 is 0 Å². The Morgan fingerprint density at radius 1 is 1.42 bits per heavy atom. The van der Waals surface area contributed by atoms with Gasteiger partial charge in [-0.3, -0.25) is 4.79 Å². The summed E-state index contributed by atoms with van der Waals surface area (Å²) in [7, 11) is 2.05. The smallest absolute Gasteiger partial charge is 0.233 e. The van der Waals surface area contributed by atoms with Crippen LogP contribution in [0, 0.1) is 6.92 Å². The summed E-state index contributed by atoms with van der Waals surface area (Å²) in [6.07, 6.45) is 6.55. The average molecular weight is 348 g/mol. The molecular weight excluding hydrogens is 324 g/mol. The molecule has 0 unspecified atom stereocenters. The molecule has 0 aromatic carbocycles. The standard InChI is InChI=1S/C17H24N4O2S/c1-13-18-16(19-23-13)11-24-12-17(22)21-10-5-3-4-7-15(21)14-8-6-9-20(14)2/h6,8-9,15H,3-5,7,10-12H2,1-2H3/t15-/m1/s1. The summed E-state index contributed by atoms with van der Waals surface area (Å²) in [5.74, 6) is 2.47. The van der Waals surface area contributed by atoms with Crippen molar-refractivity contribution in [3.8, 4) is 0 Å². The van der Waals surface area contributed by atoms with E-state index < -0.39 is 0 Å². The zero-order valence-corrected chi connectivity index (χ0v) is 15.1. The summed E-state index contributed by atoms with van der Waals surface area (Å²) in [6, 6.07) is 4.37. The topological polar surface area (TPSA) is 64.2 Å². The minimum Gasteiger partial charge on any atom is -0.353 e. The van der Waals surface area contributed by atoms with Crippen LogP contribution in [-0.4, -0.2) is 37.8 Å². The number of hydrogen-bond acceptors (Lipinski definition) is 5. The van der Waals surface area contributed by atoms with Gasteiger partial charge in [-0.25, -0.2) is 0 Å². The molecule has 24 heavy (non-hydrogen) atoms. The van der Waals surface area contributed by atoms with E-state index >= 15 is 0 Å². The highest BCUT2D eigenvalue weighted by atomic mass is 32.2. The maximum atomic E-state index is 12.8. The van der Waals surface area contributed by atoms with E-state index in [1.54, 1.807) is 18.7 Å². The van der Waals surface area contributed by atoms with Crippen LogP contribution in [0.15, 0.2) is 22.9 Å². The third kappa shape index (κ3) is 4.01. The molecule has 1 saturated heterocycles. The lowest BCUT2D eigenvalue weighted by atomic mass is 10.1. The molecular formula is C17H24N4O2S. The highest BCUT2D eigenvalue weighted by Crippen LogP contribution is 2.30. The Bertz CT molecular complexity index is 682. The van der Waals surface area contributed by atoms with Crippen LogP contribution in [0.25, 0.3) is 0 Å². The monoisotopic (exact) mass is 348 g/mol. The molecule has 2 aromatic rings. The molecule has 0 spiro atoms. The zero-order valence-electron chi connectivity index (χ0n) is 14.3. The predicted molar refractivity (Wildman–Crippen MR) is 93.5 cm³/mol. The molecule has 0 N–H and O–H groups in total. The lowest BCUT2D eigenvalue weighted by Crippen LogP contribution is -2.36. The Labute approximate surface area is 146 Å². The summed E-state index contributed by atoms with van der Waals surface area (Å²) in [5.41, 5.74) is 1.23. The van der Waals surface area contributed by atoms with Gasteiger partial charge in [-0.05, 0) is 25.0 Å². The van der Waals surface area contributed by atoms with Gasteiger partial charge in [-0.1, -0.05) is 18.0 Å². The van der Waals surface area contributed by atoms with Gasteiger partial charge in [0.1, 0.15) is 0 Å². The highest BCUT2D eigenvalue weighted by molar-refractivity contribution is 7.99. The number of likely N-dealkylation sites (tertiary alicyclic amines) is 1. The fourth-order valence-corrected chi connectivity index (χ4v) is 3.99. The molecule has 130 valence electrons. The first-order valence-electron chi connectivity index (χ1n) is 8.43. The van der Waals surface area contributed by atoms with Crippen LogP contribution >= 0.6 is 11.8 Å². The number of aryl methyl sites for hydroxylation is 2. The number of carbonyl (C=O) groups excluding carboxylic acids is 1. The molecule has 1 aliphatic heterocycles. The number of thioether (sulfide) groups is 1. The van der Waals surface area contributed by atoms with E-state index in [1.807, 2.05) is 0 Å². The summed E-state index contributed by atoms with van der Waals surface area (Å²) < 4.78 is 7.09. The van der Waals surface area contributed by atoms with E-state index in [9.17, 15) is 4.79 Å². The van der Waals surface area contributed by atoms with Crippen molar-refractivity contribution in [3.63, 3.8) is 0 Å². The molecule has 6 nitrogen and oxygen atoms in total. The second-order valence-electron chi connectivity index (χ2n) is 6.22. The second-order valence-corrected chi connectivity index (χ2v) is 7.20. The van der Waals surface area contributed by atoms with Gasteiger partial charge in [0.2, 0.25) is 11.8 Å². The second kappa shape index (κ2) is 7.88. The van der Waals surface area contributed by atoms with Crippen LogP contribution in [0.5, 0.6) is 0 Å². The zero-order chi connectivity index (χ0) is 16.9. The fraction of sp³-hybridized carbons (Fsp3) is 0.588. The van der Waals surface area contributed by atoms with Gasteiger partial charge in [0.25, 0.3) is 0 Å². The first-order valence-corrected chi connectivity index (χ1v) is 9.58. The Kier molecular flexibility index (Phi) is 5.60. The van der Waals surface area contributed by atoms with Crippen LogP contribution in [0.1, 0.15) is 49.1 Å². The van der Waals surface area contributed by atoms with Gasteiger partial charge in [-0.15, -0.1) is 11.8 Å². The van der Waals surface area contributed by atoms with E-state index in [0.717, 1.165) is 19.4 Å². The molecule has 3 heterocycles. The maximum Gasteiger partial charge on any atom is 0.233 e. The van der Waals surface area contributed by atoms with Gasteiger partial charge in [0.05, 0.1) is 17.5 Å². The molecule has 1 aliphatic rings. The van der Waals surface area contributed by atoms with E-state index in [-0.39, 0.29) is 11.9 Å². The molecule has 1 fully saturated rings. The normalized spacial score (nSPS) is 18.6. The maximum absolute atomic E-state index is 12.8.